The second-order valence-corrected chi connectivity index (χ2v) is 7.59. The van der Waals surface area contributed by atoms with Gasteiger partial charge in [0, 0.05) is 5.56 Å². The summed E-state index contributed by atoms with van der Waals surface area (Å²) in [6.07, 6.45) is -0.220. The summed E-state index contributed by atoms with van der Waals surface area (Å²) in [7, 11) is 0. The molecule has 2 N–H and O–H groups in total. The fraction of sp³-hybridized carbons (Fsp3) is 0.0357. The fourth-order valence-electron chi connectivity index (χ4n) is 4.31. The molecule has 0 saturated heterocycles. The van der Waals surface area contributed by atoms with Crippen molar-refractivity contribution < 1.29 is 15.0 Å². The molecule has 1 unspecified atom stereocenters. The van der Waals surface area contributed by atoms with Gasteiger partial charge in [0.15, 0.2) is 6.29 Å². The first kappa shape index (κ1) is 19.0. The number of phenolic OH excluding ortho intramolecular Hbond substituents is 1. The Hall–Kier alpha value is -3.95. The molecule has 0 aliphatic rings. The van der Waals surface area contributed by atoms with Gasteiger partial charge in [-0.2, -0.15) is 0 Å². The Labute approximate surface area is 179 Å². The molecule has 3 heteroatoms. The van der Waals surface area contributed by atoms with Crippen LogP contribution in [0.15, 0.2) is 97.1 Å². The van der Waals surface area contributed by atoms with Crippen molar-refractivity contribution in [3.63, 3.8) is 0 Å². The summed E-state index contributed by atoms with van der Waals surface area (Å²) in [6, 6.07) is 30.5. The molecule has 0 heterocycles. The minimum Gasteiger partial charge on any atom is -0.507 e. The highest BCUT2D eigenvalue weighted by Crippen LogP contribution is 2.45. The number of fused-ring (bicyclic) bond motifs is 2. The van der Waals surface area contributed by atoms with Gasteiger partial charge in [-0.25, -0.2) is 0 Å². The summed E-state index contributed by atoms with van der Waals surface area (Å²) < 4.78 is 0. The molecule has 0 amide bonds. The van der Waals surface area contributed by atoms with Crippen LogP contribution in [-0.2, 0) is 0 Å². The van der Waals surface area contributed by atoms with Crippen LogP contribution in [0.4, 0.5) is 0 Å². The maximum Gasteiger partial charge on any atom is 0.153 e. The van der Waals surface area contributed by atoms with Crippen LogP contribution in [0, 0.1) is 0 Å². The Morgan fingerprint density at radius 3 is 2.00 bits per heavy atom. The molecule has 3 nitrogen and oxygen atoms in total. The molecular formula is C28H20O3. The largest absolute Gasteiger partial charge is 0.507 e. The number of phenols is 1. The Kier molecular flexibility index (Phi) is 4.73. The average molecular weight is 404 g/mol. The van der Waals surface area contributed by atoms with E-state index in [0.717, 1.165) is 32.7 Å². The van der Waals surface area contributed by atoms with E-state index in [4.69, 9.17) is 0 Å². The Morgan fingerprint density at radius 1 is 0.677 bits per heavy atom. The third-order valence-corrected chi connectivity index (χ3v) is 5.80. The molecule has 0 spiro atoms. The first-order chi connectivity index (χ1) is 15.2. The fourth-order valence-corrected chi connectivity index (χ4v) is 4.31. The maximum atomic E-state index is 11.7. The van der Waals surface area contributed by atoms with Gasteiger partial charge in [0.2, 0.25) is 0 Å². The molecule has 0 saturated carbocycles. The van der Waals surface area contributed by atoms with E-state index in [-0.39, 0.29) is 11.3 Å². The number of hydrogen-bond acceptors (Lipinski definition) is 3. The lowest BCUT2D eigenvalue weighted by molar-refractivity contribution is 0.112. The Morgan fingerprint density at radius 2 is 1.29 bits per heavy atom. The summed E-state index contributed by atoms with van der Waals surface area (Å²) in [6.45, 7) is 0. The highest BCUT2D eigenvalue weighted by Gasteiger charge is 2.23. The predicted molar refractivity (Wildman–Crippen MR) is 124 cm³/mol. The molecule has 0 radical (unpaired) electrons. The number of aliphatic hydroxyl groups is 1. The molecule has 31 heavy (non-hydrogen) atoms. The minimum absolute atomic E-state index is 0.0773. The molecule has 5 aromatic rings. The first-order valence-corrected chi connectivity index (χ1v) is 10.1. The second-order valence-electron chi connectivity index (χ2n) is 7.59. The summed E-state index contributed by atoms with van der Waals surface area (Å²) in [5.74, 6) is -0.0773. The standard InChI is InChI=1S/C28H20O3/c29-17-21-16-20-11-5-7-13-23(20)26(28(21)31)25-22-12-6-4-8-18(22)14-15-24(25)27(30)19-9-2-1-3-10-19/h1-17,27,30-31H. The van der Waals surface area contributed by atoms with Gasteiger partial charge in [-0.3, -0.25) is 4.79 Å². The zero-order valence-electron chi connectivity index (χ0n) is 16.7. The lowest BCUT2D eigenvalue weighted by Gasteiger charge is -2.21. The molecule has 1 atom stereocenters. The SMILES string of the molecule is O=Cc1cc2ccccc2c(-c2c(C(O)c3ccccc3)ccc3ccccc23)c1O. The number of carbonyl (C=O) groups excluding carboxylic acids is 1. The van der Waals surface area contributed by atoms with E-state index in [9.17, 15) is 15.0 Å². The number of aliphatic hydroxyl groups excluding tert-OH is 1. The van der Waals surface area contributed by atoms with Crippen LogP contribution in [0.2, 0.25) is 0 Å². The minimum atomic E-state index is -0.890. The van der Waals surface area contributed by atoms with E-state index in [2.05, 4.69) is 0 Å². The van der Waals surface area contributed by atoms with Crippen LogP contribution >= 0.6 is 0 Å². The van der Waals surface area contributed by atoms with E-state index < -0.39 is 6.10 Å². The van der Waals surface area contributed by atoms with Crippen LogP contribution in [0.5, 0.6) is 5.75 Å². The molecule has 0 aromatic heterocycles. The van der Waals surface area contributed by atoms with E-state index in [1.807, 2.05) is 91.0 Å². The lowest BCUT2D eigenvalue weighted by atomic mass is 9.85. The molecule has 150 valence electrons. The number of carbonyl (C=O) groups is 1. The molecular weight excluding hydrogens is 384 g/mol. The van der Waals surface area contributed by atoms with Crippen molar-refractivity contribution in [2.75, 3.05) is 0 Å². The molecule has 5 rings (SSSR count). The smallest absolute Gasteiger partial charge is 0.153 e. The van der Waals surface area contributed by atoms with E-state index in [1.54, 1.807) is 6.07 Å². The zero-order valence-corrected chi connectivity index (χ0v) is 16.7. The first-order valence-electron chi connectivity index (χ1n) is 10.1. The average Bonchev–Trinajstić information content (AvgIpc) is 2.83. The van der Waals surface area contributed by atoms with Crippen molar-refractivity contribution in [1.29, 1.82) is 0 Å². The second kappa shape index (κ2) is 7.71. The van der Waals surface area contributed by atoms with Gasteiger partial charge in [0.25, 0.3) is 0 Å². The van der Waals surface area contributed by atoms with Gasteiger partial charge in [-0.05, 0) is 44.3 Å². The van der Waals surface area contributed by atoms with Crippen LogP contribution in [0.1, 0.15) is 27.6 Å². The normalized spacial score (nSPS) is 12.2. The summed E-state index contributed by atoms with van der Waals surface area (Å²) in [5.41, 5.74) is 2.94. The summed E-state index contributed by atoms with van der Waals surface area (Å²) in [4.78, 5) is 11.7. The number of hydrogen-bond donors (Lipinski definition) is 2. The van der Waals surface area contributed by atoms with Crippen molar-refractivity contribution in [2.24, 2.45) is 0 Å². The van der Waals surface area contributed by atoms with E-state index >= 15 is 0 Å². The lowest BCUT2D eigenvalue weighted by Crippen LogP contribution is -2.03. The van der Waals surface area contributed by atoms with Crippen molar-refractivity contribution >= 4 is 27.8 Å². The maximum absolute atomic E-state index is 11.7. The summed E-state index contributed by atoms with van der Waals surface area (Å²) >= 11 is 0. The van der Waals surface area contributed by atoms with Crippen LogP contribution in [0.3, 0.4) is 0 Å². The van der Waals surface area contributed by atoms with E-state index in [1.165, 1.54) is 0 Å². The molecule has 0 aliphatic heterocycles. The third-order valence-electron chi connectivity index (χ3n) is 5.80. The third kappa shape index (κ3) is 3.16. The van der Waals surface area contributed by atoms with E-state index in [0.29, 0.717) is 17.4 Å². The van der Waals surface area contributed by atoms with Gasteiger partial charge in [0.05, 0.1) is 5.56 Å². The molecule has 0 fully saturated rings. The number of rotatable bonds is 4. The van der Waals surface area contributed by atoms with Crippen molar-refractivity contribution in [2.45, 2.75) is 6.10 Å². The monoisotopic (exact) mass is 404 g/mol. The molecule has 0 aliphatic carbocycles. The predicted octanol–water partition coefficient (Wildman–Crippen LogP) is 6.26. The highest BCUT2D eigenvalue weighted by molar-refractivity contribution is 6.11. The van der Waals surface area contributed by atoms with Crippen LogP contribution in [-0.4, -0.2) is 16.5 Å². The van der Waals surface area contributed by atoms with Crippen molar-refractivity contribution in [3.05, 3.63) is 114 Å². The Bertz CT molecular complexity index is 1420. The van der Waals surface area contributed by atoms with Crippen LogP contribution in [0.25, 0.3) is 32.7 Å². The zero-order chi connectivity index (χ0) is 21.4. The highest BCUT2D eigenvalue weighted by atomic mass is 16.3. The number of aldehydes is 1. The molecule has 0 bridgehead atoms. The Balaban J connectivity index is 1.93. The van der Waals surface area contributed by atoms with Gasteiger partial charge >= 0.3 is 0 Å². The number of aromatic hydroxyl groups is 1. The number of benzene rings is 5. The van der Waals surface area contributed by atoms with Crippen molar-refractivity contribution in [3.8, 4) is 16.9 Å². The van der Waals surface area contributed by atoms with Gasteiger partial charge in [0.1, 0.15) is 11.9 Å². The van der Waals surface area contributed by atoms with Gasteiger partial charge < -0.3 is 10.2 Å². The molecule has 5 aromatic carbocycles. The topological polar surface area (TPSA) is 57.5 Å². The van der Waals surface area contributed by atoms with Gasteiger partial charge in [-0.1, -0.05) is 91.0 Å². The van der Waals surface area contributed by atoms with Crippen LogP contribution < -0.4 is 0 Å². The summed E-state index contributed by atoms with van der Waals surface area (Å²) in [5, 5.41) is 26.1. The quantitative estimate of drug-likeness (QED) is 0.348. The van der Waals surface area contributed by atoms with Crippen molar-refractivity contribution in [1.82, 2.24) is 0 Å². The van der Waals surface area contributed by atoms with Gasteiger partial charge in [-0.15, -0.1) is 0 Å².